The highest BCUT2D eigenvalue weighted by molar-refractivity contribution is 9.10. The van der Waals surface area contributed by atoms with Gasteiger partial charge in [-0.05, 0) is 36.8 Å². The predicted octanol–water partition coefficient (Wildman–Crippen LogP) is 4.07. The van der Waals surface area contributed by atoms with E-state index in [4.69, 9.17) is 17.3 Å². The van der Waals surface area contributed by atoms with Crippen LogP contribution in [-0.4, -0.2) is 70.0 Å². The number of anilines is 1. The van der Waals surface area contributed by atoms with Crippen molar-refractivity contribution in [3.8, 4) is 16.2 Å². The van der Waals surface area contributed by atoms with Crippen molar-refractivity contribution in [2.75, 3.05) is 37.7 Å². The number of carboxylic acid groups (broad SMARTS) is 1. The summed E-state index contributed by atoms with van der Waals surface area (Å²) in [4.78, 5) is 15.7. The molecule has 1 fully saturated rings. The fraction of sp³-hybridized carbons (Fsp3) is 0.350. The Kier molecular flexibility index (Phi) is 7.81. The quantitative estimate of drug-likeness (QED) is 0.344. The molecule has 0 radical (unpaired) electrons. The Labute approximate surface area is 193 Å². The second kappa shape index (κ2) is 10.3. The third kappa shape index (κ3) is 5.37. The van der Waals surface area contributed by atoms with E-state index in [0.717, 1.165) is 28.0 Å². The molecular weight excluding hydrogens is 488 g/mol. The first-order valence-electron chi connectivity index (χ1n) is 9.49. The molecule has 0 saturated carbocycles. The molecule has 1 aromatic heterocycles. The van der Waals surface area contributed by atoms with Crippen LogP contribution in [0, 0.1) is 0 Å². The number of aliphatic carboxylic acids is 1. The number of thiophene rings is 1. The van der Waals surface area contributed by atoms with E-state index in [1.54, 1.807) is 18.1 Å². The zero-order valence-electron chi connectivity index (χ0n) is 16.5. The smallest absolute Gasteiger partial charge is 0.304 e. The lowest BCUT2D eigenvalue weighted by atomic mass is 10.2. The predicted molar refractivity (Wildman–Crippen MR) is 129 cm³/mol. The second-order valence-electron chi connectivity index (χ2n) is 6.75. The molecule has 10 heteroatoms. The molecule has 0 spiro atoms. The number of rotatable bonds is 6. The average Bonchev–Trinajstić information content (AvgIpc) is 3.12. The molecule has 1 saturated heterocycles. The fourth-order valence-electron chi connectivity index (χ4n) is 3.18. The first-order valence-corrected chi connectivity index (χ1v) is 11.6. The Morgan fingerprint density at radius 2 is 1.97 bits per heavy atom. The number of carboxylic acids is 1. The first-order chi connectivity index (χ1) is 14.4. The molecule has 0 amide bonds. The zero-order valence-corrected chi connectivity index (χ0v) is 19.7. The van der Waals surface area contributed by atoms with E-state index in [2.05, 4.69) is 25.9 Å². The topological polar surface area (TPSA) is 79.6 Å². The number of thiocarbonyl (C=S) groups is 1. The summed E-state index contributed by atoms with van der Waals surface area (Å²) in [6, 6.07) is 7.76. The number of nitrogens with zero attached hydrogens (tertiary/aromatic N) is 4. The summed E-state index contributed by atoms with van der Waals surface area (Å²) in [7, 11) is 0. The number of aromatic hydroxyl groups is 1. The van der Waals surface area contributed by atoms with Crippen molar-refractivity contribution in [2.24, 2.45) is 5.10 Å². The highest BCUT2D eigenvalue weighted by atomic mass is 79.9. The van der Waals surface area contributed by atoms with E-state index in [9.17, 15) is 9.90 Å². The van der Waals surface area contributed by atoms with Crippen molar-refractivity contribution in [2.45, 2.75) is 13.3 Å². The number of halogens is 1. The van der Waals surface area contributed by atoms with Crippen LogP contribution in [0.15, 0.2) is 39.2 Å². The number of carbonyl (C=O) groups is 1. The van der Waals surface area contributed by atoms with Crippen molar-refractivity contribution in [1.29, 1.82) is 0 Å². The van der Waals surface area contributed by atoms with Gasteiger partial charge in [0.15, 0.2) is 10.9 Å². The normalized spacial score (nSPS) is 14.9. The number of hydrogen-bond donors (Lipinski definition) is 2. The molecule has 1 aliphatic heterocycles. The van der Waals surface area contributed by atoms with E-state index < -0.39 is 5.97 Å². The molecule has 2 N–H and O–H groups in total. The van der Waals surface area contributed by atoms with Gasteiger partial charge in [0.2, 0.25) is 0 Å². The minimum atomic E-state index is -0.786. The van der Waals surface area contributed by atoms with E-state index in [1.807, 2.05) is 34.5 Å². The molecule has 3 rings (SSSR count). The maximum Gasteiger partial charge on any atom is 0.304 e. The van der Waals surface area contributed by atoms with Gasteiger partial charge in [0.1, 0.15) is 5.69 Å². The maximum atomic E-state index is 10.9. The Morgan fingerprint density at radius 3 is 2.57 bits per heavy atom. The van der Waals surface area contributed by atoms with Crippen LogP contribution in [0.5, 0.6) is 5.75 Å². The Morgan fingerprint density at radius 1 is 1.30 bits per heavy atom. The summed E-state index contributed by atoms with van der Waals surface area (Å²) in [6.07, 6.45) is 1.78. The third-order valence-corrected chi connectivity index (χ3v) is 6.74. The Bertz CT molecular complexity index is 925. The van der Waals surface area contributed by atoms with Crippen molar-refractivity contribution < 1.29 is 15.0 Å². The van der Waals surface area contributed by atoms with Gasteiger partial charge >= 0.3 is 5.97 Å². The van der Waals surface area contributed by atoms with Gasteiger partial charge in [-0.15, -0.1) is 11.3 Å². The van der Waals surface area contributed by atoms with Crippen LogP contribution in [0.1, 0.15) is 13.3 Å². The molecule has 1 aromatic carbocycles. The van der Waals surface area contributed by atoms with Gasteiger partial charge in [0.05, 0.1) is 11.3 Å². The van der Waals surface area contributed by atoms with E-state index >= 15 is 0 Å². The second-order valence-corrected chi connectivity index (χ2v) is 8.91. The lowest BCUT2D eigenvalue weighted by Gasteiger charge is -2.37. The van der Waals surface area contributed by atoms with Crippen LogP contribution in [-0.2, 0) is 4.79 Å². The number of hydrogen-bond acceptors (Lipinski definition) is 6. The van der Waals surface area contributed by atoms with E-state index in [-0.39, 0.29) is 12.2 Å². The average molecular weight is 511 g/mol. The van der Waals surface area contributed by atoms with Gasteiger partial charge in [-0.2, -0.15) is 5.10 Å². The molecule has 2 aromatic rings. The zero-order chi connectivity index (χ0) is 21.7. The minimum Gasteiger partial charge on any atom is -0.504 e. The summed E-state index contributed by atoms with van der Waals surface area (Å²) in [5.41, 5.74) is 1.47. The largest absolute Gasteiger partial charge is 0.504 e. The Balaban J connectivity index is 1.74. The number of hydrazone groups is 1. The SMILES string of the molecule is CC=NN(C(=S)N1CCN(CCC(=O)O)CC1)c1csc(-c2ccc(Br)cc2)c1O. The van der Waals surface area contributed by atoms with Crippen molar-refractivity contribution in [3.05, 3.63) is 34.1 Å². The molecule has 0 atom stereocenters. The monoisotopic (exact) mass is 510 g/mol. The molecule has 30 heavy (non-hydrogen) atoms. The molecule has 0 unspecified atom stereocenters. The Hall–Kier alpha value is -2.01. The van der Waals surface area contributed by atoms with Crippen LogP contribution >= 0.6 is 39.5 Å². The molecule has 2 heterocycles. The lowest BCUT2D eigenvalue weighted by Crippen LogP contribution is -2.52. The van der Waals surface area contributed by atoms with Crippen molar-refractivity contribution in [1.82, 2.24) is 9.80 Å². The van der Waals surface area contributed by atoms with Crippen LogP contribution in [0.4, 0.5) is 5.69 Å². The van der Waals surface area contributed by atoms with Gasteiger partial charge in [-0.1, -0.05) is 28.1 Å². The molecule has 0 aliphatic carbocycles. The lowest BCUT2D eigenvalue weighted by molar-refractivity contribution is -0.137. The van der Waals surface area contributed by atoms with Crippen LogP contribution in [0.25, 0.3) is 10.4 Å². The molecular formula is C20H23BrN4O3S2. The first kappa shape index (κ1) is 22.7. The molecule has 7 nitrogen and oxygen atoms in total. The van der Waals surface area contributed by atoms with Crippen LogP contribution in [0.2, 0.25) is 0 Å². The molecule has 160 valence electrons. The van der Waals surface area contributed by atoms with Gasteiger partial charge in [-0.25, -0.2) is 5.01 Å². The summed E-state index contributed by atoms with van der Waals surface area (Å²) >= 11 is 10.6. The van der Waals surface area contributed by atoms with Gasteiger partial charge < -0.3 is 15.1 Å². The summed E-state index contributed by atoms with van der Waals surface area (Å²) in [5, 5.41) is 28.1. The number of piperazine rings is 1. The summed E-state index contributed by atoms with van der Waals surface area (Å²) in [6.45, 7) is 5.16. The summed E-state index contributed by atoms with van der Waals surface area (Å²) < 4.78 is 0.975. The van der Waals surface area contributed by atoms with Crippen molar-refractivity contribution >= 4 is 62.5 Å². The van der Waals surface area contributed by atoms with Crippen molar-refractivity contribution in [3.63, 3.8) is 0 Å². The van der Waals surface area contributed by atoms with Gasteiger partial charge in [-0.3, -0.25) is 9.69 Å². The summed E-state index contributed by atoms with van der Waals surface area (Å²) in [5.74, 6) is -0.638. The van der Waals surface area contributed by atoms with Gasteiger partial charge in [0.25, 0.3) is 0 Å². The van der Waals surface area contributed by atoms with E-state index in [0.29, 0.717) is 30.4 Å². The minimum absolute atomic E-state index is 0.137. The third-order valence-electron chi connectivity index (χ3n) is 4.78. The van der Waals surface area contributed by atoms with Crippen LogP contribution < -0.4 is 5.01 Å². The van der Waals surface area contributed by atoms with Gasteiger partial charge in [0, 0.05) is 48.8 Å². The molecule has 0 bridgehead atoms. The highest BCUT2D eigenvalue weighted by Gasteiger charge is 2.26. The number of benzene rings is 1. The standard InChI is InChI=1S/C20H23BrN4O3S2/c1-2-22-25(20(29)24-11-9-23(10-12-24)8-7-17(26)27)16-13-30-19(18(16)28)14-3-5-15(21)6-4-14/h2-6,13,28H,7-12H2,1H3,(H,26,27). The highest BCUT2D eigenvalue weighted by Crippen LogP contribution is 2.44. The molecule has 1 aliphatic rings. The maximum absolute atomic E-state index is 10.9. The van der Waals surface area contributed by atoms with E-state index in [1.165, 1.54) is 11.3 Å². The fourth-order valence-corrected chi connectivity index (χ4v) is 4.70. The van der Waals surface area contributed by atoms with Crippen LogP contribution in [0.3, 0.4) is 0 Å².